The summed E-state index contributed by atoms with van der Waals surface area (Å²) >= 11 is 0. The highest BCUT2D eigenvalue weighted by Crippen LogP contribution is 2.30. The summed E-state index contributed by atoms with van der Waals surface area (Å²) in [6.45, 7) is 5.87. The van der Waals surface area contributed by atoms with Crippen molar-refractivity contribution in [1.82, 2.24) is 14.9 Å². The number of likely N-dealkylation sites (N-methyl/N-ethyl adjacent to an activating group) is 1. The minimum atomic E-state index is -4.53. The molecule has 2 N–H and O–H groups in total. The molecule has 0 aromatic carbocycles. The van der Waals surface area contributed by atoms with Gasteiger partial charge < -0.3 is 15.5 Å². The summed E-state index contributed by atoms with van der Waals surface area (Å²) in [7, 11) is 3.81. The van der Waals surface area contributed by atoms with Gasteiger partial charge in [0.25, 0.3) is 0 Å². The van der Waals surface area contributed by atoms with Gasteiger partial charge in [0.05, 0.1) is 0 Å². The van der Waals surface area contributed by atoms with E-state index in [0.29, 0.717) is 19.6 Å². The molecule has 0 bridgehead atoms. The Balaban J connectivity index is 3.08. The monoisotopic (exact) mass is 305 g/mol. The maximum atomic E-state index is 12.8. The van der Waals surface area contributed by atoms with E-state index in [9.17, 15) is 13.2 Å². The maximum absolute atomic E-state index is 12.8. The first-order chi connectivity index (χ1) is 9.59. The summed E-state index contributed by atoms with van der Waals surface area (Å²) in [6.07, 6.45) is -4.53. The molecule has 0 aliphatic rings. The van der Waals surface area contributed by atoms with E-state index in [1.54, 1.807) is 4.90 Å². The van der Waals surface area contributed by atoms with Crippen LogP contribution in [0.1, 0.15) is 19.5 Å². The number of alkyl halides is 3. The van der Waals surface area contributed by atoms with Crippen molar-refractivity contribution in [1.29, 1.82) is 0 Å². The summed E-state index contributed by atoms with van der Waals surface area (Å²) < 4.78 is 38.4. The van der Waals surface area contributed by atoms with Crippen LogP contribution in [0.5, 0.6) is 0 Å². The van der Waals surface area contributed by atoms with Gasteiger partial charge in [-0.05, 0) is 20.0 Å². The van der Waals surface area contributed by atoms with E-state index in [2.05, 4.69) is 9.97 Å². The molecular formula is C13H22F3N5. The van der Waals surface area contributed by atoms with Crippen LogP contribution in [0.3, 0.4) is 0 Å². The largest absolute Gasteiger partial charge is 0.433 e. The normalized spacial score (nSPS) is 12.2. The lowest BCUT2D eigenvalue weighted by molar-refractivity contribution is -0.141. The van der Waals surface area contributed by atoms with Crippen molar-refractivity contribution >= 4 is 11.8 Å². The van der Waals surface area contributed by atoms with Crippen LogP contribution in [-0.4, -0.2) is 48.6 Å². The van der Waals surface area contributed by atoms with E-state index in [1.807, 2.05) is 32.8 Å². The molecule has 5 nitrogen and oxygen atoms in total. The van der Waals surface area contributed by atoms with Crippen molar-refractivity contribution in [3.63, 3.8) is 0 Å². The number of nitrogens with zero attached hydrogens (tertiary/aromatic N) is 4. The highest BCUT2D eigenvalue weighted by molar-refractivity contribution is 5.44. The summed E-state index contributed by atoms with van der Waals surface area (Å²) in [5, 5.41) is 0. The molecular weight excluding hydrogens is 283 g/mol. The van der Waals surface area contributed by atoms with Gasteiger partial charge in [-0.25, -0.2) is 4.98 Å². The first-order valence-electron chi connectivity index (χ1n) is 6.71. The Hall–Kier alpha value is -1.57. The molecule has 0 aliphatic heterocycles. The van der Waals surface area contributed by atoms with Crippen molar-refractivity contribution in [2.24, 2.45) is 5.92 Å². The van der Waals surface area contributed by atoms with Crippen molar-refractivity contribution in [2.45, 2.75) is 20.0 Å². The molecule has 8 heteroatoms. The standard InChI is InChI=1S/C13H22F3N5/c1-9(2)8-21(6-5-20(3)4)11-7-10(13(14,15)16)18-12(17)19-11/h7,9H,5-6,8H2,1-4H3,(H2,17,18,19). The molecule has 0 fully saturated rings. The van der Waals surface area contributed by atoms with Crippen molar-refractivity contribution in [3.05, 3.63) is 11.8 Å². The minimum Gasteiger partial charge on any atom is -0.368 e. The van der Waals surface area contributed by atoms with Gasteiger partial charge in [0.2, 0.25) is 5.95 Å². The van der Waals surface area contributed by atoms with Crippen LogP contribution in [0.25, 0.3) is 0 Å². The molecule has 21 heavy (non-hydrogen) atoms. The van der Waals surface area contributed by atoms with Crippen molar-refractivity contribution in [2.75, 3.05) is 44.4 Å². The molecule has 120 valence electrons. The first kappa shape index (κ1) is 17.5. The third-order valence-electron chi connectivity index (χ3n) is 2.75. The van der Waals surface area contributed by atoms with E-state index < -0.39 is 11.9 Å². The van der Waals surface area contributed by atoms with Gasteiger partial charge in [0.15, 0.2) is 5.69 Å². The number of hydrogen-bond acceptors (Lipinski definition) is 5. The molecule has 1 aromatic rings. The lowest BCUT2D eigenvalue weighted by Gasteiger charge is -2.27. The van der Waals surface area contributed by atoms with Crippen molar-refractivity contribution < 1.29 is 13.2 Å². The molecule has 0 radical (unpaired) electrons. The SMILES string of the molecule is CC(C)CN(CCN(C)C)c1cc(C(F)(F)F)nc(N)n1. The number of aromatic nitrogens is 2. The van der Waals surface area contributed by atoms with Crippen LogP contribution >= 0.6 is 0 Å². The number of halogens is 3. The van der Waals surface area contributed by atoms with Crippen molar-refractivity contribution in [3.8, 4) is 0 Å². The highest BCUT2D eigenvalue weighted by Gasteiger charge is 2.34. The zero-order valence-electron chi connectivity index (χ0n) is 12.8. The van der Waals surface area contributed by atoms with E-state index >= 15 is 0 Å². The summed E-state index contributed by atoms with van der Waals surface area (Å²) in [5.74, 6) is 0.140. The number of anilines is 2. The molecule has 1 rings (SSSR count). The zero-order valence-corrected chi connectivity index (χ0v) is 12.8. The Morgan fingerprint density at radius 2 is 1.81 bits per heavy atom. The molecule has 0 unspecified atom stereocenters. The number of rotatable bonds is 6. The zero-order chi connectivity index (χ0) is 16.2. The van der Waals surface area contributed by atoms with Gasteiger partial charge in [-0.2, -0.15) is 18.2 Å². The molecule has 0 aliphatic carbocycles. The molecule has 1 heterocycles. The first-order valence-corrected chi connectivity index (χ1v) is 6.71. The fraction of sp³-hybridized carbons (Fsp3) is 0.692. The van der Waals surface area contributed by atoms with E-state index in [4.69, 9.17) is 5.73 Å². The van der Waals surface area contributed by atoms with Crippen LogP contribution in [0.4, 0.5) is 24.9 Å². The highest BCUT2D eigenvalue weighted by atomic mass is 19.4. The second-order valence-corrected chi connectivity index (χ2v) is 5.61. The Morgan fingerprint density at radius 3 is 2.29 bits per heavy atom. The minimum absolute atomic E-state index is 0.213. The van der Waals surface area contributed by atoms with Crippen LogP contribution < -0.4 is 10.6 Å². The topological polar surface area (TPSA) is 58.3 Å². The Bertz CT molecular complexity index is 460. The lowest BCUT2D eigenvalue weighted by Crippen LogP contribution is -2.35. The fourth-order valence-electron chi connectivity index (χ4n) is 1.82. The number of hydrogen-bond donors (Lipinski definition) is 1. The maximum Gasteiger partial charge on any atom is 0.433 e. The third kappa shape index (κ3) is 5.74. The average molecular weight is 305 g/mol. The second-order valence-electron chi connectivity index (χ2n) is 5.61. The fourth-order valence-corrected chi connectivity index (χ4v) is 1.82. The predicted molar refractivity (Wildman–Crippen MR) is 77.1 cm³/mol. The molecule has 0 spiro atoms. The predicted octanol–water partition coefficient (Wildman–Crippen LogP) is 2.10. The Labute approximate surface area is 123 Å². The van der Waals surface area contributed by atoms with E-state index in [1.165, 1.54) is 0 Å². The third-order valence-corrected chi connectivity index (χ3v) is 2.75. The van der Waals surface area contributed by atoms with Crippen LogP contribution in [-0.2, 0) is 6.18 Å². The van der Waals surface area contributed by atoms with Crippen LogP contribution in [0.2, 0.25) is 0 Å². The smallest absolute Gasteiger partial charge is 0.368 e. The number of nitrogens with two attached hydrogens (primary N) is 1. The molecule has 0 atom stereocenters. The molecule has 0 saturated heterocycles. The quantitative estimate of drug-likeness (QED) is 0.872. The lowest BCUT2D eigenvalue weighted by atomic mass is 10.2. The summed E-state index contributed by atoms with van der Waals surface area (Å²) in [4.78, 5) is 11.0. The van der Waals surface area contributed by atoms with Crippen LogP contribution in [0, 0.1) is 5.92 Å². The molecule has 0 amide bonds. The number of nitrogen functional groups attached to an aromatic ring is 1. The van der Waals surface area contributed by atoms with E-state index in [0.717, 1.165) is 6.07 Å². The molecule has 0 saturated carbocycles. The molecule has 1 aromatic heterocycles. The van der Waals surface area contributed by atoms with Gasteiger partial charge in [-0.3, -0.25) is 0 Å². The average Bonchev–Trinajstić information content (AvgIpc) is 2.32. The van der Waals surface area contributed by atoms with Gasteiger partial charge in [0, 0.05) is 25.7 Å². The van der Waals surface area contributed by atoms with Gasteiger partial charge in [-0.15, -0.1) is 0 Å². The van der Waals surface area contributed by atoms with E-state index in [-0.39, 0.29) is 17.7 Å². The Kier molecular flexibility index (Phi) is 5.77. The van der Waals surface area contributed by atoms with Crippen LogP contribution in [0.15, 0.2) is 6.07 Å². The second kappa shape index (κ2) is 6.93. The van der Waals surface area contributed by atoms with Gasteiger partial charge >= 0.3 is 6.18 Å². The summed E-state index contributed by atoms with van der Waals surface area (Å²) in [6, 6.07) is 0.953. The summed E-state index contributed by atoms with van der Waals surface area (Å²) in [5.41, 5.74) is 4.41. The van der Waals surface area contributed by atoms with Gasteiger partial charge in [0.1, 0.15) is 5.82 Å². The Morgan fingerprint density at radius 1 is 1.19 bits per heavy atom. The van der Waals surface area contributed by atoms with Gasteiger partial charge in [-0.1, -0.05) is 13.8 Å².